The lowest BCUT2D eigenvalue weighted by molar-refractivity contribution is -0.139. The maximum atomic E-state index is 12.6. The average molecular weight is 466 g/mol. The van der Waals surface area contributed by atoms with E-state index in [4.69, 9.17) is 9.84 Å². The molecule has 1 aliphatic heterocycles. The van der Waals surface area contributed by atoms with E-state index in [1.54, 1.807) is 13.0 Å². The molecule has 0 amide bonds. The van der Waals surface area contributed by atoms with E-state index >= 15 is 0 Å². The molecular formula is C20H20BrNO5S. The van der Waals surface area contributed by atoms with Crippen molar-refractivity contribution in [1.29, 1.82) is 0 Å². The summed E-state index contributed by atoms with van der Waals surface area (Å²) < 4.78 is 31.4. The van der Waals surface area contributed by atoms with Crippen LogP contribution in [0.3, 0.4) is 0 Å². The number of benzene rings is 2. The molecule has 6 nitrogen and oxygen atoms in total. The number of fused-ring (bicyclic) bond motifs is 1. The van der Waals surface area contributed by atoms with Crippen LogP contribution in [-0.4, -0.2) is 38.4 Å². The van der Waals surface area contributed by atoms with Gasteiger partial charge in [-0.25, -0.2) is 13.2 Å². The second-order valence-electron chi connectivity index (χ2n) is 6.49. The van der Waals surface area contributed by atoms with Gasteiger partial charge in [0.15, 0.2) is 16.4 Å². The molecule has 0 spiro atoms. The van der Waals surface area contributed by atoms with Crippen LogP contribution in [0.1, 0.15) is 11.1 Å². The molecule has 0 fully saturated rings. The number of nitrogens with zero attached hydrogens (tertiary/aromatic N) is 1. The molecule has 0 aromatic heterocycles. The smallest absolute Gasteiger partial charge is 0.341 e. The van der Waals surface area contributed by atoms with Gasteiger partial charge in [-0.2, -0.15) is 0 Å². The summed E-state index contributed by atoms with van der Waals surface area (Å²) >= 11 is 3.46. The van der Waals surface area contributed by atoms with Gasteiger partial charge in [-0.15, -0.1) is 0 Å². The summed E-state index contributed by atoms with van der Waals surface area (Å²) in [6, 6.07) is 10.5. The number of aryl methyl sites for hydroxylation is 1. The highest BCUT2D eigenvalue weighted by Crippen LogP contribution is 2.30. The topological polar surface area (TPSA) is 83.9 Å². The first kappa shape index (κ1) is 20.4. The molecule has 0 bridgehead atoms. The third kappa shape index (κ3) is 4.74. The first-order valence-corrected chi connectivity index (χ1v) is 11.1. The molecule has 1 aliphatic rings. The number of anilines is 1. The molecular weight excluding hydrogens is 446 g/mol. The molecule has 0 saturated carbocycles. The minimum atomic E-state index is -3.50. The van der Waals surface area contributed by atoms with Crippen LogP contribution < -0.4 is 9.64 Å². The fourth-order valence-electron chi connectivity index (χ4n) is 3.06. The largest absolute Gasteiger partial charge is 0.482 e. The van der Waals surface area contributed by atoms with Crippen LogP contribution in [0.25, 0.3) is 0 Å². The number of carboxylic acids is 1. The molecule has 2 aromatic carbocycles. The predicted octanol–water partition coefficient (Wildman–Crippen LogP) is 3.57. The standard InChI is InChI=1S/C20H20BrNO5S/c1-14-11-17(4-6-19(14)27-13-20(23)24)28(25,26)10-2-8-22-9-7-15-12-16(21)3-5-18(15)22/h2-6,8,11-12H,7,9-10,13H2,1H3,(H,23,24). The Labute approximate surface area is 172 Å². The normalized spacial score (nSPS) is 13.7. The molecule has 0 radical (unpaired) electrons. The Balaban J connectivity index is 1.68. The van der Waals surface area contributed by atoms with Crippen molar-refractivity contribution in [3.8, 4) is 5.75 Å². The van der Waals surface area contributed by atoms with Gasteiger partial charge in [0.2, 0.25) is 0 Å². The lowest BCUT2D eigenvalue weighted by atomic mass is 10.2. The molecule has 0 saturated heterocycles. The number of hydrogen-bond donors (Lipinski definition) is 1. The SMILES string of the molecule is Cc1cc(S(=O)(=O)CC=CN2CCc3cc(Br)ccc32)ccc1OCC(=O)O. The summed E-state index contributed by atoms with van der Waals surface area (Å²) in [4.78, 5) is 12.8. The number of sulfone groups is 1. The number of carbonyl (C=O) groups is 1. The minimum absolute atomic E-state index is 0.121. The Hall–Kier alpha value is -2.32. The van der Waals surface area contributed by atoms with Crippen molar-refractivity contribution in [2.45, 2.75) is 18.2 Å². The van der Waals surface area contributed by atoms with Crippen LogP contribution in [0.4, 0.5) is 5.69 Å². The molecule has 1 N–H and O–H groups in total. The monoisotopic (exact) mass is 465 g/mol. The van der Waals surface area contributed by atoms with Gasteiger partial charge in [0.25, 0.3) is 0 Å². The van der Waals surface area contributed by atoms with Gasteiger partial charge in [-0.3, -0.25) is 0 Å². The molecule has 148 valence electrons. The second-order valence-corrected chi connectivity index (χ2v) is 9.44. The van der Waals surface area contributed by atoms with Crippen LogP contribution in [0, 0.1) is 6.92 Å². The summed E-state index contributed by atoms with van der Waals surface area (Å²) in [6.07, 6.45) is 4.38. The van der Waals surface area contributed by atoms with Crippen molar-refractivity contribution in [3.63, 3.8) is 0 Å². The zero-order chi connectivity index (χ0) is 20.3. The van der Waals surface area contributed by atoms with Crippen molar-refractivity contribution < 1.29 is 23.1 Å². The van der Waals surface area contributed by atoms with Crippen LogP contribution in [0.2, 0.25) is 0 Å². The lowest BCUT2D eigenvalue weighted by Gasteiger charge is -2.14. The maximum absolute atomic E-state index is 12.6. The number of carboxylic acid groups (broad SMARTS) is 1. The number of hydrogen-bond acceptors (Lipinski definition) is 5. The fraction of sp³-hybridized carbons (Fsp3) is 0.250. The molecule has 0 atom stereocenters. The fourth-order valence-corrected chi connectivity index (χ4v) is 4.63. The number of ether oxygens (including phenoxy) is 1. The Morgan fingerprint density at radius 2 is 2.07 bits per heavy atom. The molecule has 8 heteroatoms. The molecule has 3 rings (SSSR count). The van der Waals surface area contributed by atoms with Gasteiger partial charge in [-0.05, 0) is 60.9 Å². The highest BCUT2D eigenvalue weighted by molar-refractivity contribution is 9.10. The van der Waals surface area contributed by atoms with Crippen LogP contribution in [-0.2, 0) is 21.1 Å². The van der Waals surface area contributed by atoms with Gasteiger partial charge in [0, 0.05) is 22.9 Å². The third-order valence-corrected chi connectivity index (χ3v) is 6.53. The van der Waals surface area contributed by atoms with Crippen molar-refractivity contribution in [2.75, 3.05) is 23.8 Å². The quantitative estimate of drug-likeness (QED) is 0.672. The Kier molecular flexibility index (Phi) is 6.10. The minimum Gasteiger partial charge on any atom is -0.482 e. The van der Waals surface area contributed by atoms with Crippen LogP contribution in [0.5, 0.6) is 5.75 Å². The molecule has 28 heavy (non-hydrogen) atoms. The van der Waals surface area contributed by atoms with E-state index in [-0.39, 0.29) is 10.6 Å². The van der Waals surface area contributed by atoms with Crippen molar-refractivity contribution >= 4 is 37.4 Å². The molecule has 1 heterocycles. The Morgan fingerprint density at radius 1 is 1.29 bits per heavy atom. The zero-order valence-corrected chi connectivity index (χ0v) is 17.7. The summed E-state index contributed by atoms with van der Waals surface area (Å²) in [7, 11) is -3.50. The first-order valence-electron chi connectivity index (χ1n) is 8.66. The summed E-state index contributed by atoms with van der Waals surface area (Å²) in [5.41, 5.74) is 2.90. The Bertz CT molecular complexity index is 1030. The highest BCUT2D eigenvalue weighted by atomic mass is 79.9. The van der Waals surface area contributed by atoms with E-state index in [0.717, 1.165) is 23.1 Å². The van der Waals surface area contributed by atoms with Gasteiger partial charge in [0.1, 0.15) is 5.75 Å². The van der Waals surface area contributed by atoms with Crippen molar-refractivity contribution in [2.24, 2.45) is 0 Å². The molecule has 2 aromatic rings. The Morgan fingerprint density at radius 3 is 2.79 bits per heavy atom. The maximum Gasteiger partial charge on any atom is 0.341 e. The number of aliphatic carboxylic acids is 1. The summed E-state index contributed by atoms with van der Waals surface area (Å²) in [6.45, 7) is 2.03. The van der Waals surface area contributed by atoms with Crippen molar-refractivity contribution in [1.82, 2.24) is 0 Å². The van der Waals surface area contributed by atoms with E-state index in [9.17, 15) is 13.2 Å². The van der Waals surface area contributed by atoms with E-state index in [0.29, 0.717) is 11.3 Å². The van der Waals surface area contributed by atoms with Gasteiger partial charge in [-0.1, -0.05) is 22.0 Å². The average Bonchev–Trinajstić information content (AvgIpc) is 3.02. The van der Waals surface area contributed by atoms with E-state index < -0.39 is 22.4 Å². The van der Waals surface area contributed by atoms with Gasteiger partial charge in [0.05, 0.1) is 10.6 Å². The van der Waals surface area contributed by atoms with Gasteiger partial charge < -0.3 is 14.7 Å². The molecule has 0 aliphatic carbocycles. The first-order chi connectivity index (χ1) is 13.3. The van der Waals surface area contributed by atoms with Gasteiger partial charge >= 0.3 is 5.97 Å². The van der Waals surface area contributed by atoms with E-state index in [2.05, 4.69) is 22.0 Å². The van der Waals surface area contributed by atoms with Crippen LogP contribution in [0.15, 0.2) is 58.0 Å². The predicted molar refractivity (Wildman–Crippen MR) is 111 cm³/mol. The van der Waals surface area contributed by atoms with Crippen molar-refractivity contribution in [3.05, 3.63) is 64.3 Å². The molecule has 0 unspecified atom stereocenters. The third-order valence-electron chi connectivity index (χ3n) is 4.43. The lowest BCUT2D eigenvalue weighted by Crippen LogP contribution is -2.13. The second kappa shape index (κ2) is 8.36. The number of rotatable bonds is 7. The number of halogens is 1. The summed E-state index contributed by atoms with van der Waals surface area (Å²) in [5, 5.41) is 8.68. The van der Waals surface area contributed by atoms with Crippen LogP contribution >= 0.6 is 15.9 Å². The highest BCUT2D eigenvalue weighted by Gasteiger charge is 2.18. The van der Waals surface area contributed by atoms with E-state index in [1.807, 2.05) is 23.2 Å². The summed E-state index contributed by atoms with van der Waals surface area (Å²) in [5.74, 6) is -0.849. The zero-order valence-electron chi connectivity index (χ0n) is 15.3. The van der Waals surface area contributed by atoms with E-state index in [1.165, 1.54) is 23.8 Å².